The average Bonchev–Trinajstić information content (AvgIpc) is 2.90. The van der Waals surface area contributed by atoms with E-state index in [1.165, 1.54) is 35.2 Å². The Kier molecular flexibility index (Phi) is 6.28. The molecule has 1 unspecified atom stereocenters. The van der Waals surface area contributed by atoms with E-state index in [0.717, 1.165) is 12.1 Å². The summed E-state index contributed by atoms with van der Waals surface area (Å²) in [6.07, 6.45) is -5.35. The van der Waals surface area contributed by atoms with Crippen LogP contribution in [-0.2, 0) is 24.1 Å². The second kappa shape index (κ2) is 9.17. The minimum atomic E-state index is -4.49. The van der Waals surface area contributed by atoms with Crippen molar-refractivity contribution < 1.29 is 31.9 Å². The molecule has 1 aliphatic rings. The molecule has 176 valence electrons. The van der Waals surface area contributed by atoms with Gasteiger partial charge in [-0.3, -0.25) is 9.59 Å². The van der Waals surface area contributed by atoms with Crippen LogP contribution >= 0.6 is 0 Å². The third-order valence-corrected chi connectivity index (χ3v) is 5.39. The van der Waals surface area contributed by atoms with Gasteiger partial charge in [0.25, 0.3) is 11.8 Å². The van der Waals surface area contributed by atoms with Gasteiger partial charge in [-0.05, 0) is 55.0 Å². The van der Waals surface area contributed by atoms with E-state index in [4.69, 9.17) is 4.74 Å². The molecule has 0 radical (unpaired) electrons. The van der Waals surface area contributed by atoms with E-state index in [9.17, 15) is 27.2 Å². The maximum absolute atomic E-state index is 13.9. The lowest BCUT2D eigenvalue weighted by Crippen LogP contribution is -2.37. The fourth-order valence-corrected chi connectivity index (χ4v) is 3.72. The number of hydrogen-bond donors (Lipinski definition) is 1. The number of halogens is 4. The Hall–Kier alpha value is -3.88. The highest BCUT2D eigenvalue weighted by molar-refractivity contribution is 6.04. The molecule has 0 fully saturated rings. The van der Waals surface area contributed by atoms with Gasteiger partial charge in [-0.1, -0.05) is 24.3 Å². The number of nitrogens with zero attached hydrogens (tertiary/aromatic N) is 1. The Balaban J connectivity index is 1.58. The van der Waals surface area contributed by atoms with Crippen LogP contribution in [0.4, 0.5) is 23.2 Å². The molecule has 0 spiro atoms. The van der Waals surface area contributed by atoms with Gasteiger partial charge in [0.05, 0.1) is 11.1 Å². The van der Waals surface area contributed by atoms with Gasteiger partial charge in [0, 0.05) is 24.3 Å². The van der Waals surface area contributed by atoms with Gasteiger partial charge in [0.1, 0.15) is 11.6 Å². The molecule has 9 heteroatoms. The summed E-state index contributed by atoms with van der Waals surface area (Å²) in [6.45, 7) is 1.56. The van der Waals surface area contributed by atoms with Crippen LogP contribution in [0.15, 0.2) is 66.7 Å². The zero-order valence-electron chi connectivity index (χ0n) is 18.0. The lowest BCUT2D eigenvalue weighted by molar-refractivity contribution is -0.138. The van der Waals surface area contributed by atoms with Crippen LogP contribution in [0.5, 0.6) is 5.75 Å². The number of carbonyl (C=O) groups excluding carboxylic acids is 2. The van der Waals surface area contributed by atoms with Crippen molar-refractivity contribution in [1.82, 2.24) is 4.90 Å². The third-order valence-electron chi connectivity index (χ3n) is 5.39. The lowest BCUT2D eigenvalue weighted by Gasteiger charge is -2.22. The van der Waals surface area contributed by atoms with Gasteiger partial charge in [-0.25, -0.2) is 4.39 Å². The second-order valence-electron chi connectivity index (χ2n) is 7.91. The van der Waals surface area contributed by atoms with E-state index in [-0.39, 0.29) is 24.6 Å². The molecule has 0 bridgehead atoms. The molecule has 5 nitrogen and oxygen atoms in total. The summed E-state index contributed by atoms with van der Waals surface area (Å²) in [5.41, 5.74) is 0.314. The Labute approximate surface area is 193 Å². The molecule has 4 rings (SSSR count). The number of hydrogen-bond acceptors (Lipinski definition) is 3. The van der Waals surface area contributed by atoms with E-state index >= 15 is 0 Å². The molecule has 1 aliphatic heterocycles. The first-order chi connectivity index (χ1) is 16.1. The molecule has 1 heterocycles. The van der Waals surface area contributed by atoms with E-state index in [2.05, 4.69) is 5.32 Å². The first-order valence-corrected chi connectivity index (χ1v) is 10.4. The van der Waals surface area contributed by atoms with E-state index < -0.39 is 29.6 Å². The number of alkyl halides is 3. The maximum atomic E-state index is 13.9. The summed E-state index contributed by atoms with van der Waals surface area (Å²) in [6, 6.07) is 15.1. The Morgan fingerprint density at radius 1 is 1.09 bits per heavy atom. The SMILES string of the molecule is CC1Oc2ccc(NC(=O)c3ccccc3F)cc2CN(Cc2cccc(C(F)(F)F)c2)C1=O. The second-order valence-corrected chi connectivity index (χ2v) is 7.91. The quantitative estimate of drug-likeness (QED) is 0.517. The van der Waals surface area contributed by atoms with Crippen LogP contribution < -0.4 is 10.1 Å². The summed E-state index contributed by atoms with van der Waals surface area (Å²) in [5, 5.41) is 2.62. The molecule has 1 N–H and O–H groups in total. The number of anilines is 1. The number of carbonyl (C=O) groups is 2. The monoisotopic (exact) mass is 472 g/mol. The molecule has 2 amide bonds. The summed E-state index contributed by atoms with van der Waals surface area (Å²) < 4.78 is 58.9. The number of benzene rings is 3. The van der Waals surface area contributed by atoms with Gasteiger partial charge in [0.2, 0.25) is 0 Å². The number of ether oxygens (including phenoxy) is 1. The van der Waals surface area contributed by atoms with Crippen LogP contribution in [0.2, 0.25) is 0 Å². The van der Waals surface area contributed by atoms with Gasteiger partial charge in [-0.15, -0.1) is 0 Å². The predicted octanol–water partition coefficient (Wildman–Crippen LogP) is 5.41. The Morgan fingerprint density at radius 3 is 2.59 bits per heavy atom. The molecular weight excluding hydrogens is 452 g/mol. The number of rotatable bonds is 4. The largest absolute Gasteiger partial charge is 0.481 e. The van der Waals surface area contributed by atoms with Crippen LogP contribution in [0.1, 0.15) is 34.0 Å². The lowest BCUT2D eigenvalue weighted by atomic mass is 10.1. The fraction of sp³-hybridized carbons (Fsp3) is 0.200. The van der Waals surface area contributed by atoms with E-state index in [1.54, 1.807) is 31.2 Å². The molecular formula is C25H20F4N2O3. The zero-order valence-corrected chi connectivity index (χ0v) is 18.0. The topological polar surface area (TPSA) is 58.6 Å². The summed E-state index contributed by atoms with van der Waals surface area (Å²) in [7, 11) is 0. The number of nitrogens with one attached hydrogen (secondary N) is 1. The third kappa shape index (κ3) is 5.03. The molecule has 0 saturated carbocycles. The summed E-state index contributed by atoms with van der Waals surface area (Å²) >= 11 is 0. The van der Waals surface area contributed by atoms with Crippen LogP contribution in [0, 0.1) is 5.82 Å². The molecule has 0 saturated heterocycles. The predicted molar refractivity (Wildman–Crippen MR) is 117 cm³/mol. The van der Waals surface area contributed by atoms with Crippen molar-refractivity contribution in [3.05, 3.63) is 94.8 Å². The highest BCUT2D eigenvalue weighted by Crippen LogP contribution is 2.32. The highest BCUT2D eigenvalue weighted by Gasteiger charge is 2.32. The standard InChI is InChI=1S/C25H20F4N2O3/c1-15-24(33)31(13-16-5-4-6-18(11-16)25(27,28)29)14-17-12-19(9-10-22(17)34-15)30-23(32)20-7-2-3-8-21(20)26/h2-12,15H,13-14H2,1H3,(H,30,32). The molecule has 0 aromatic heterocycles. The molecule has 3 aromatic rings. The Bertz CT molecular complexity index is 1240. The smallest absolute Gasteiger partial charge is 0.416 e. The van der Waals surface area contributed by atoms with Crippen molar-refractivity contribution in [1.29, 1.82) is 0 Å². The first-order valence-electron chi connectivity index (χ1n) is 10.4. The maximum Gasteiger partial charge on any atom is 0.416 e. The fourth-order valence-electron chi connectivity index (χ4n) is 3.72. The highest BCUT2D eigenvalue weighted by atomic mass is 19.4. The van der Waals surface area contributed by atoms with Crippen molar-refractivity contribution in [2.24, 2.45) is 0 Å². The van der Waals surface area contributed by atoms with Gasteiger partial charge < -0.3 is 15.0 Å². The Morgan fingerprint density at radius 2 is 1.85 bits per heavy atom. The zero-order chi connectivity index (χ0) is 24.5. The number of amides is 2. The van der Waals surface area contributed by atoms with E-state index in [0.29, 0.717) is 22.6 Å². The number of fused-ring (bicyclic) bond motifs is 1. The van der Waals surface area contributed by atoms with Crippen molar-refractivity contribution in [3.63, 3.8) is 0 Å². The van der Waals surface area contributed by atoms with Crippen LogP contribution in [-0.4, -0.2) is 22.8 Å². The normalized spacial score (nSPS) is 15.9. The van der Waals surface area contributed by atoms with Crippen LogP contribution in [0.25, 0.3) is 0 Å². The van der Waals surface area contributed by atoms with Crippen molar-refractivity contribution in [2.75, 3.05) is 5.32 Å². The van der Waals surface area contributed by atoms with Crippen molar-refractivity contribution in [3.8, 4) is 5.75 Å². The minimum absolute atomic E-state index is 0.0537. The molecule has 3 aromatic carbocycles. The van der Waals surface area contributed by atoms with E-state index in [1.807, 2.05) is 0 Å². The summed E-state index contributed by atoms with van der Waals surface area (Å²) in [5.74, 6) is -1.27. The van der Waals surface area contributed by atoms with Crippen LogP contribution in [0.3, 0.4) is 0 Å². The average molecular weight is 472 g/mol. The van der Waals surface area contributed by atoms with Gasteiger partial charge in [-0.2, -0.15) is 13.2 Å². The summed E-state index contributed by atoms with van der Waals surface area (Å²) in [4.78, 5) is 26.7. The molecule has 0 aliphatic carbocycles. The first kappa shape index (κ1) is 23.3. The molecule has 1 atom stereocenters. The van der Waals surface area contributed by atoms with Gasteiger partial charge in [0.15, 0.2) is 6.10 Å². The van der Waals surface area contributed by atoms with Crippen molar-refractivity contribution >= 4 is 17.5 Å². The molecule has 34 heavy (non-hydrogen) atoms. The minimum Gasteiger partial charge on any atom is -0.481 e. The van der Waals surface area contributed by atoms with Gasteiger partial charge >= 0.3 is 6.18 Å². The van der Waals surface area contributed by atoms with Crippen molar-refractivity contribution in [2.45, 2.75) is 32.3 Å².